The van der Waals surface area contributed by atoms with Crippen molar-refractivity contribution in [2.45, 2.75) is 49.1 Å². The lowest BCUT2D eigenvalue weighted by molar-refractivity contribution is 0.120. The van der Waals surface area contributed by atoms with Gasteiger partial charge in [0, 0.05) is 41.2 Å². The lowest BCUT2D eigenvalue weighted by Crippen LogP contribution is -2.46. The van der Waals surface area contributed by atoms with E-state index in [-0.39, 0.29) is 6.10 Å². The molecule has 0 saturated heterocycles. The van der Waals surface area contributed by atoms with E-state index < -0.39 is 0 Å². The van der Waals surface area contributed by atoms with Crippen LogP contribution in [0.3, 0.4) is 0 Å². The van der Waals surface area contributed by atoms with E-state index in [1.54, 1.807) is 18.0 Å². The van der Waals surface area contributed by atoms with Gasteiger partial charge in [-0.3, -0.25) is 4.99 Å². The van der Waals surface area contributed by atoms with Gasteiger partial charge >= 0.3 is 0 Å². The lowest BCUT2D eigenvalue weighted by Gasteiger charge is -2.27. The maximum atomic E-state index is 9.71. The minimum atomic E-state index is -0.152. The Labute approximate surface area is 176 Å². The smallest absolute Gasteiger partial charge is 0.191 e. The van der Waals surface area contributed by atoms with Gasteiger partial charge in [-0.25, -0.2) is 0 Å². The number of halogens is 1. The largest absolute Gasteiger partial charge is 0.469 e. The predicted octanol–water partition coefficient (Wildman–Crippen LogP) is 4.11. The number of aliphatic hydroxyl groups excluding tert-OH is 1. The van der Waals surface area contributed by atoms with E-state index in [0.29, 0.717) is 12.6 Å². The van der Waals surface area contributed by atoms with Gasteiger partial charge in [-0.1, -0.05) is 11.6 Å². The zero-order valence-electron chi connectivity index (χ0n) is 15.9. The lowest BCUT2D eigenvalue weighted by atomic mass is 9.93. The number of rotatable bonds is 8. The molecule has 1 aromatic heterocycles. The third-order valence-corrected chi connectivity index (χ3v) is 5.99. The van der Waals surface area contributed by atoms with E-state index in [0.717, 1.165) is 61.1 Å². The van der Waals surface area contributed by atoms with Crippen LogP contribution < -0.4 is 10.6 Å². The third kappa shape index (κ3) is 7.41. The van der Waals surface area contributed by atoms with Crippen molar-refractivity contribution < 1.29 is 9.52 Å². The first-order valence-electron chi connectivity index (χ1n) is 9.83. The zero-order valence-corrected chi connectivity index (χ0v) is 17.5. The summed E-state index contributed by atoms with van der Waals surface area (Å²) in [5.41, 5.74) is 0. The van der Waals surface area contributed by atoms with Crippen molar-refractivity contribution in [2.75, 3.05) is 18.8 Å². The van der Waals surface area contributed by atoms with E-state index >= 15 is 0 Å². The van der Waals surface area contributed by atoms with Crippen LogP contribution in [0.25, 0.3) is 0 Å². The molecule has 2 aromatic rings. The molecule has 0 spiro atoms. The molecule has 5 nitrogen and oxygen atoms in total. The van der Waals surface area contributed by atoms with E-state index in [4.69, 9.17) is 21.0 Å². The summed E-state index contributed by atoms with van der Waals surface area (Å²) in [6.45, 7) is 1.48. The second-order valence-electron chi connectivity index (χ2n) is 6.94. The predicted molar refractivity (Wildman–Crippen MR) is 116 cm³/mol. The van der Waals surface area contributed by atoms with E-state index in [2.05, 4.69) is 10.6 Å². The van der Waals surface area contributed by atoms with Gasteiger partial charge in [-0.2, -0.15) is 0 Å². The SMILES string of the molecule is OC1CCC(NC(=NCCc2ccco2)NCCSc2ccc(Cl)cc2)CC1. The Bertz CT molecular complexity index is 714. The number of furan rings is 1. The van der Waals surface area contributed by atoms with Crippen LogP contribution >= 0.6 is 23.4 Å². The molecule has 7 heteroatoms. The Hall–Kier alpha value is -1.63. The molecule has 3 N–H and O–H groups in total. The molecule has 0 atom stereocenters. The highest BCUT2D eigenvalue weighted by atomic mass is 35.5. The summed E-state index contributed by atoms with van der Waals surface area (Å²) in [5.74, 6) is 2.72. The van der Waals surface area contributed by atoms with Crippen LogP contribution in [0.4, 0.5) is 0 Å². The van der Waals surface area contributed by atoms with Crippen molar-refractivity contribution in [1.29, 1.82) is 0 Å². The highest BCUT2D eigenvalue weighted by Gasteiger charge is 2.20. The number of benzene rings is 1. The van der Waals surface area contributed by atoms with Gasteiger partial charge in [-0.05, 0) is 62.1 Å². The number of aliphatic imine (C=N–C) groups is 1. The number of guanidine groups is 1. The summed E-state index contributed by atoms with van der Waals surface area (Å²) < 4.78 is 5.38. The summed E-state index contributed by atoms with van der Waals surface area (Å²) >= 11 is 7.72. The molecular weight excluding hydrogens is 394 g/mol. The monoisotopic (exact) mass is 421 g/mol. The molecule has 0 bridgehead atoms. The average molecular weight is 422 g/mol. The fourth-order valence-corrected chi connectivity index (χ4v) is 4.06. The molecule has 0 radical (unpaired) electrons. The van der Waals surface area contributed by atoms with Crippen LogP contribution in [0.1, 0.15) is 31.4 Å². The van der Waals surface area contributed by atoms with Gasteiger partial charge in [-0.15, -0.1) is 11.8 Å². The van der Waals surface area contributed by atoms with Gasteiger partial charge in [0.1, 0.15) is 5.76 Å². The van der Waals surface area contributed by atoms with Crippen molar-refractivity contribution in [2.24, 2.45) is 4.99 Å². The molecule has 28 heavy (non-hydrogen) atoms. The Balaban J connectivity index is 1.47. The first-order chi connectivity index (χ1) is 13.7. The number of hydrogen-bond acceptors (Lipinski definition) is 4. The molecule has 3 rings (SSSR count). The summed E-state index contributed by atoms with van der Waals surface area (Å²) in [6, 6.07) is 12.1. The van der Waals surface area contributed by atoms with Crippen molar-refractivity contribution >= 4 is 29.3 Å². The first kappa shape index (κ1) is 21.1. The minimum absolute atomic E-state index is 0.152. The second kappa shape index (κ2) is 11.4. The van der Waals surface area contributed by atoms with Crippen molar-refractivity contribution in [3.05, 3.63) is 53.4 Å². The average Bonchev–Trinajstić information content (AvgIpc) is 3.21. The molecule has 0 aliphatic heterocycles. The number of nitrogens with zero attached hydrogens (tertiary/aromatic N) is 1. The van der Waals surface area contributed by atoms with Gasteiger partial charge < -0.3 is 20.2 Å². The van der Waals surface area contributed by atoms with Crippen molar-refractivity contribution in [3.63, 3.8) is 0 Å². The molecule has 1 aromatic carbocycles. The summed E-state index contributed by atoms with van der Waals surface area (Å²) in [4.78, 5) is 5.92. The third-order valence-electron chi connectivity index (χ3n) is 4.72. The van der Waals surface area contributed by atoms with Crippen LogP contribution in [0, 0.1) is 0 Å². The fourth-order valence-electron chi connectivity index (χ4n) is 3.17. The molecule has 1 fully saturated rings. The molecule has 0 unspecified atom stereocenters. The van der Waals surface area contributed by atoms with Gasteiger partial charge in [0.2, 0.25) is 0 Å². The Morgan fingerprint density at radius 3 is 2.68 bits per heavy atom. The van der Waals surface area contributed by atoms with Gasteiger partial charge in [0.15, 0.2) is 5.96 Å². The van der Waals surface area contributed by atoms with Crippen LogP contribution in [0.5, 0.6) is 0 Å². The minimum Gasteiger partial charge on any atom is -0.469 e. The summed E-state index contributed by atoms with van der Waals surface area (Å²) in [6.07, 6.45) is 5.97. The maximum Gasteiger partial charge on any atom is 0.191 e. The van der Waals surface area contributed by atoms with Gasteiger partial charge in [0.05, 0.1) is 12.4 Å². The Kier molecular flexibility index (Phi) is 8.58. The number of aliphatic hydroxyl groups is 1. The topological polar surface area (TPSA) is 69.8 Å². The van der Waals surface area contributed by atoms with E-state index in [9.17, 15) is 5.11 Å². The van der Waals surface area contributed by atoms with Crippen LogP contribution in [-0.4, -0.2) is 42.1 Å². The zero-order chi connectivity index (χ0) is 19.6. The molecular formula is C21H28ClN3O2S. The maximum absolute atomic E-state index is 9.71. The quantitative estimate of drug-likeness (QED) is 0.259. The highest BCUT2D eigenvalue weighted by molar-refractivity contribution is 7.99. The summed E-state index contributed by atoms with van der Waals surface area (Å²) in [5, 5.41) is 17.4. The van der Waals surface area contributed by atoms with Crippen molar-refractivity contribution in [3.8, 4) is 0 Å². The van der Waals surface area contributed by atoms with E-state index in [1.165, 1.54) is 4.90 Å². The summed E-state index contributed by atoms with van der Waals surface area (Å²) in [7, 11) is 0. The molecule has 1 heterocycles. The second-order valence-corrected chi connectivity index (χ2v) is 8.54. The number of hydrogen-bond donors (Lipinski definition) is 3. The number of nitrogens with one attached hydrogen (secondary N) is 2. The molecule has 1 aliphatic rings. The van der Waals surface area contributed by atoms with Crippen LogP contribution in [-0.2, 0) is 6.42 Å². The molecule has 0 amide bonds. The molecule has 1 saturated carbocycles. The molecule has 152 valence electrons. The first-order valence-corrected chi connectivity index (χ1v) is 11.2. The fraction of sp³-hybridized carbons (Fsp3) is 0.476. The van der Waals surface area contributed by atoms with Gasteiger partial charge in [0.25, 0.3) is 0 Å². The standard InChI is InChI=1S/C21H28ClN3O2S/c22-16-3-9-20(10-4-16)28-15-13-24-21(23-12-11-19-2-1-14-27-19)25-17-5-7-18(26)8-6-17/h1-4,9-10,14,17-18,26H,5-8,11-13,15H2,(H2,23,24,25). The van der Waals surface area contributed by atoms with Crippen molar-refractivity contribution in [1.82, 2.24) is 10.6 Å². The van der Waals surface area contributed by atoms with Crippen LogP contribution in [0.2, 0.25) is 5.02 Å². The van der Waals surface area contributed by atoms with E-state index in [1.807, 2.05) is 36.4 Å². The number of thioether (sulfide) groups is 1. The normalized spacial score (nSPS) is 20.1. The Morgan fingerprint density at radius 1 is 1.18 bits per heavy atom. The Morgan fingerprint density at radius 2 is 1.96 bits per heavy atom. The molecule has 1 aliphatic carbocycles. The highest BCUT2D eigenvalue weighted by Crippen LogP contribution is 2.20. The van der Waals surface area contributed by atoms with Crippen LogP contribution in [0.15, 0.2) is 57.0 Å².